The maximum atomic E-state index is 5.77. The molecule has 0 aliphatic heterocycles. The minimum Gasteiger partial charge on any atom is -0.441 e. The fourth-order valence-electron chi connectivity index (χ4n) is 5.73. The average Bonchev–Trinajstić information content (AvgIpc) is 3.64. The molecule has 0 N–H and O–H groups in total. The largest absolute Gasteiger partial charge is 0.441 e. The molecule has 0 saturated heterocycles. The number of thiophene rings is 1. The predicted octanol–water partition coefficient (Wildman–Crippen LogP) is 9.92. The molecular weight excluding hydrogens is 549 g/mol. The van der Waals surface area contributed by atoms with Crippen molar-refractivity contribution < 1.29 is 4.42 Å². The number of rotatable bonds is 5. The van der Waals surface area contributed by atoms with Crippen molar-refractivity contribution in [3.63, 3.8) is 0 Å². The molecule has 206 valence electrons. The van der Waals surface area contributed by atoms with Gasteiger partial charge in [-0.2, -0.15) is 0 Å². The highest BCUT2D eigenvalue weighted by Gasteiger charge is 2.15. The lowest BCUT2D eigenvalue weighted by molar-refractivity contribution is 0.561. The topological polar surface area (TPSA) is 64.7 Å². The van der Waals surface area contributed by atoms with Gasteiger partial charge in [0.05, 0.1) is 0 Å². The van der Waals surface area contributed by atoms with Crippen LogP contribution in [0.25, 0.3) is 76.3 Å². The number of benzene rings is 5. The highest BCUT2D eigenvalue weighted by Crippen LogP contribution is 2.40. The van der Waals surface area contributed by atoms with Crippen LogP contribution in [0.3, 0.4) is 0 Å². The van der Waals surface area contributed by atoms with Gasteiger partial charge >= 0.3 is 0 Å². The summed E-state index contributed by atoms with van der Waals surface area (Å²) in [6, 6.07) is 38.1. The molecule has 43 heavy (non-hydrogen) atoms. The minimum absolute atomic E-state index is 0.653. The Labute approximate surface area is 252 Å². The smallest absolute Gasteiger partial charge is 0.192 e. The van der Waals surface area contributed by atoms with Crippen LogP contribution in [-0.2, 0) is 6.42 Å². The summed E-state index contributed by atoms with van der Waals surface area (Å²) in [5.74, 6) is 2.75. The van der Waals surface area contributed by atoms with Gasteiger partial charge < -0.3 is 4.42 Å². The minimum atomic E-state index is 0.653. The Morgan fingerprint density at radius 1 is 0.605 bits per heavy atom. The number of hydrogen-bond donors (Lipinski definition) is 0. The Bertz CT molecular complexity index is 2300. The fourth-order valence-corrected chi connectivity index (χ4v) is 6.97. The number of oxazole rings is 1. The highest BCUT2D eigenvalue weighted by atomic mass is 32.1. The predicted molar refractivity (Wildman–Crippen MR) is 176 cm³/mol. The third-order valence-electron chi connectivity index (χ3n) is 7.81. The standard InChI is InChI=1S/C37H26N4OS/c1-3-33-39-36(24-19-17-23(18-20-24)28-13-7-14-30-29-11-4-5-16-32(29)43-35(28)30)41-37(40-33)26-10-6-9-25(21-26)27-12-8-15-31-34(27)38-22(2)42-31/h4-21H,3H2,1-2H3. The van der Waals surface area contributed by atoms with E-state index in [1.807, 2.05) is 42.5 Å². The van der Waals surface area contributed by atoms with E-state index in [4.69, 9.17) is 19.4 Å². The zero-order chi connectivity index (χ0) is 28.9. The second-order valence-corrected chi connectivity index (χ2v) is 11.6. The van der Waals surface area contributed by atoms with E-state index in [0.29, 0.717) is 24.0 Å². The van der Waals surface area contributed by atoms with E-state index in [-0.39, 0.29) is 0 Å². The van der Waals surface area contributed by atoms with Gasteiger partial charge in [0.25, 0.3) is 0 Å². The molecular formula is C37H26N4OS. The maximum absolute atomic E-state index is 5.77. The summed E-state index contributed by atoms with van der Waals surface area (Å²) in [5.41, 5.74) is 8.01. The van der Waals surface area contributed by atoms with Gasteiger partial charge in [0.2, 0.25) is 0 Å². The van der Waals surface area contributed by atoms with Gasteiger partial charge in [-0.1, -0.05) is 97.9 Å². The Hall–Kier alpha value is -5.20. The van der Waals surface area contributed by atoms with Crippen molar-refractivity contribution in [2.75, 3.05) is 0 Å². The first-order valence-corrected chi connectivity index (χ1v) is 15.2. The second-order valence-electron chi connectivity index (χ2n) is 10.6. The zero-order valence-electron chi connectivity index (χ0n) is 23.7. The first kappa shape index (κ1) is 25.5. The summed E-state index contributed by atoms with van der Waals surface area (Å²) in [6.07, 6.45) is 0.714. The van der Waals surface area contributed by atoms with Gasteiger partial charge in [-0.05, 0) is 34.9 Å². The van der Waals surface area contributed by atoms with Gasteiger partial charge in [-0.3, -0.25) is 0 Å². The van der Waals surface area contributed by atoms with Crippen LogP contribution in [0.1, 0.15) is 18.6 Å². The Morgan fingerprint density at radius 2 is 1.30 bits per heavy atom. The molecule has 0 aliphatic carbocycles. The number of aryl methyl sites for hydroxylation is 2. The van der Waals surface area contributed by atoms with E-state index in [2.05, 4.69) is 96.8 Å². The lowest BCUT2D eigenvalue weighted by Gasteiger charge is -2.10. The third-order valence-corrected chi connectivity index (χ3v) is 9.03. The van der Waals surface area contributed by atoms with Crippen LogP contribution in [-0.4, -0.2) is 19.9 Å². The number of fused-ring (bicyclic) bond motifs is 4. The quantitative estimate of drug-likeness (QED) is 0.205. The number of para-hydroxylation sites is 1. The van der Waals surface area contributed by atoms with Crippen LogP contribution in [0.2, 0.25) is 0 Å². The molecule has 0 radical (unpaired) electrons. The van der Waals surface area contributed by atoms with Gasteiger partial charge in [-0.15, -0.1) is 11.3 Å². The lowest BCUT2D eigenvalue weighted by atomic mass is 10.0. The first-order chi connectivity index (χ1) is 21.1. The van der Waals surface area contributed by atoms with Crippen molar-refractivity contribution in [3.05, 3.63) is 121 Å². The normalized spacial score (nSPS) is 11.6. The van der Waals surface area contributed by atoms with Gasteiger partial charge in [0, 0.05) is 50.2 Å². The molecule has 0 amide bonds. The monoisotopic (exact) mass is 574 g/mol. The molecule has 3 heterocycles. The molecule has 8 aromatic rings. The van der Waals surface area contributed by atoms with Crippen LogP contribution < -0.4 is 0 Å². The number of aromatic nitrogens is 4. The van der Waals surface area contributed by atoms with E-state index in [9.17, 15) is 0 Å². The van der Waals surface area contributed by atoms with Crippen molar-refractivity contribution in [2.45, 2.75) is 20.3 Å². The maximum Gasteiger partial charge on any atom is 0.192 e. The molecule has 0 saturated carbocycles. The molecule has 0 fully saturated rings. The van der Waals surface area contributed by atoms with Crippen LogP contribution in [0.4, 0.5) is 0 Å². The first-order valence-electron chi connectivity index (χ1n) is 14.4. The van der Waals surface area contributed by atoms with Crippen LogP contribution in [0.15, 0.2) is 114 Å². The van der Waals surface area contributed by atoms with Gasteiger partial charge in [-0.25, -0.2) is 19.9 Å². The summed E-state index contributed by atoms with van der Waals surface area (Å²) in [4.78, 5) is 19.2. The van der Waals surface area contributed by atoms with E-state index in [0.717, 1.165) is 39.2 Å². The van der Waals surface area contributed by atoms with E-state index in [1.54, 1.807) is 0 Å². The molecule has 6 heteroatoms. The Balaban J connectivity index is 1.17. The molecule has 0 atom stereocenters. The van der Waals surface area contributed by atoms with Crippen molar-refractivity contribution in [1.82, 2.24) is 19.9 Å². The number of hydrogen-bond acceptors (Lipinski definition) is 6. The van der Waals surface area contributed by atoms with E-state index >= 15 is 0 Å². The van der Waals surface area contributed by atoms with Gasteiger partial charge in [0.15, 0.2) is 23.1 Å². The summed E-state index contributed by atoms with van der Waals surface area (Å²) in [5, 5.41) is 2.61. The fraction of sp³-hybridized carbons (Fsp3) is 0.0811. The third kappa shape index (κ3) is 4.47. The van der Waals surface area contributed by atoms with Crippen LogP contribution in [0.5, 0.6) is 0 Å². The molecule has 0 bridgehead atoms. The molecule has 0 unspecified atom stereocenters. The van der Waals surface area contributed by atoms with E-state index in [1.165, 1.54) is 31.3 Å². The van der Waals surface area contributed by atoms with Crippen molar-refractivity contribution in [3.8, 4) is 45.0 Å². The summed E-state index contributed by atoms with van der Waals surface area (Å²) >= 11 is 1.85. The molecule has 3 aromatic heterocycles. The molecule has 5 nitrogen and oxygen atoms in total. The number of nitrogens with zero attached hydrogens (tertiary/aromatic N) is 4. The summed E-state index contributed by atoms with van der Waals surface area (Å²) in [7, 11) is 0. The van der Waals surface area contributed by atoms with E-state index < -0.39 is 0 Å². The van der Waals surface area contributed by atoms with Crippen molar-refractivity contribution in [1.29, 1.82) is 0 Å². The Kier molecular flexibility index (Phi) is 6.09. The summed E-state index contributed by atoms with van der Waals surface area (Å²) < 4.78 is 8.39. The molecule has 5 aromatic carbocycles. The molecule has 8 rings (SSSR count). The molecule has 0 spiro atoms. The average molecular weight is 575 g/mol. The second kappa shape index (κ2) is 10.3. The van der Waals surface area contributed by atoms with Crippen LogP contribution >= 0.6 is 11.3 Å². The Morgan fingerprint density at radius 3 is 2.16 bits per heavy atom. The van der Waals surface area contributed by atoms with Crippen LogP contribution in [0, 0.1) is 6.92 Å². The lowest BCUT2D eigenvalue weighted by Crippen LogP contribution is -2.02. The van der Waals surface area contributed by atoms with Crippen molar-refractivity contribution >= 4 is 42.6 Å². The van der Waals surface area contributed by atoms with Crippen molar-refractivity contribution in [2.24, 2.45) is 0 Å². The SMILES string of the molecule is CCc1nc(-c2ccc(-c3cccc4c3sc3ccccc34)cc2)nc(-c2cccc(-c3cccc4oc(C)nc34)c2)n1. The molecule has 0 aliphatic rings. The zero-order valence-corrected chi connectivity index (χ0v) is 24.5. The van der Waals surface area contributed by atoms with Gasteiger partial charge in [0.1, 0.15) is 11.3 Å². The summed E-state index contributed by atoms with van der Waals surface area (Å²) in [6.45, 7) is 3.94. The highest BCUT2D eigenvalue weighted by molar-refractivity contribution is 7.26.